The number of hydrogen-bond donors (Lipinski definition) is 1. The molecule has 188 valence electrons. The van der Waals surface area contributed by atoms with Crippen LogP contribution < -0.4 is 10.1 Å². The maximum atomic E-state index is 12.9. The van der Waals surface area contributed by atoms with Crippen LogP contribution in [0.5, 0.6) is 11.5 Å². The molecule has 7 rings (SSSR count). The number of imide groups is 1. The lowest BCUT2D eigenvalue weighted by atomic mass is 9.97. The third kappa shape index (κ3) is 3.92. The Kier molecular flexibility index (Phi) is 5.44. The number of aromatic nitrogens is 2. The Bertz CT molecular complexity index is 1690. The number of carbonyl (C=O) groups is 2. The van der Waals surface area contributed by atoms with Crippen molar-refractivity contribution < 1.29 is 18.7 Å². The Morgan fingerprint density at radius 3 is 2.61 bits per heavy atom. The van der Waals surface area contributed by atoms with Crippen molar-refractivity contribution in [2.24, 2.45) is 0 Å². The second kappa shape index (κ2) is 9.11. The van der Waals surface area contributed by atoms with Crippen molar-refractivity contribution in [3.63, 3.8) is 0 Å². The summed E-state index contributed by atoms with van der Waals surface area (Å²) in [4.78, 5) is 38.3. The van der Waals surface area contributed by atoms with Gasteiger partial charge in [0.25, 0.3) is 11.8 Å². The Morgan fingerprint density at radius 1 is 0.947 bits per heavy atom. The van der Waals surface area contributed by atoms with Crippen LogP contribution in [0.4, 0.5) is 11.5 Å². The predicted molar refractivity (Wildman–Crippen MR) is 143 cm³/mol. The smallest absolute Gasteiger partial charge is 0.262 e. The number of nitrogens with zero attached hydrogens (tertiary/aromatic N) is 3. The molecule has 0 saturated carbocycles. The Balaban J connectivity index is 1.08. The molecule has 2 aliphatic rings. The minimum Gasteiger partial charge on any atom is -0.467 e. The summed E-state index contributed by atoms with van der Waals surface area (Å²) in [5, 5.41) is 4.58. The van der Waals surface area contributed by atoms with Gasteiger partial charge in [-0.25, -0.2) is 9.97 Å². The second-order valence-electron chi connectivity index (χ2n) is 9.35. The van der Waals surface area contributed by atoms with E-state index in [1.54, 1.807) is 48.0 Å². The van der Waals surface area contributed by atoms with Crippen LogP contribution in [0.1, 0.15) is 49.8 Å². The van der Waals surface area contributed by atoms with Gasteiger partial charge in [0.15, 0.2) is 0 Å². The molecule has 0 saturated heterocycles. The summed E-state index contributed by atoms with van der Waals surface area (Å²) >= 11 is 1.77. The molecule has 38 heavy (non-hydrogen) atoms. The van der Waals surface area contributed by atoms with Gasteiger partial charge in [0.2, 0.25) is 0 Å². The fraction of sp³-hybridized carbons (Fsp3) is 0.172. The zero-order chi connectivity index (χ0) is 25.6. The minimum atomic E-state index is -0.363. The monoisotopic (exact) mass is 522 g/mol. The van der Waals surface area contributed by atoms with Gasteiger partial charge in [-0.3, -0.25) is 14.5 Å². The number of thiophene rings is 1. The fourth-order valence-electron chi connectivity index (χ4n) is 5.10. The standard InChI is InChI=1S/C29H22N4O4S/c34-28-21-12-11-19(14-23(21)29(35)33(28)15-20-4-3-13-36-20)37-18-9-7-17(8-10-18)32-26-25-22-5-1-2-6-24(22)38-27(25)31-16-30-26/h3-4,7-14,16H,1-2,5-6,15H2,(H,30,31,32). The van der Waals surface area contributed by atoms with Gasteiger partial charge in [-0.2, -0.15) is 0 Å². The Morgan fingerprint density at radius 2 is 1.76 bits per heavy atom. The van der Waals surface area contributed by atoms with Gasteiger partial charge >= 0.3 is 0 Å². The SMILES string of the molecule is O=C1c2ccc(Oc3ccc(Nc4ncnc5sc6c(c45)CCCC6)cc3)cc2C(=O)N1Cc1ccco1. The van der Waals surface area contributed by atoms with Crippen LogP contribution in [0.2, 0.25) is 0 Å². The quantitative estimate of drug-likeness (QED) is 0.254. The molecule has 1 aliphatic heterocycles. The first kappa shape index (κ1) is 22.7. The molecule has 8 nitrogen and oxygen atoms in total. The Hall–Kier alpha value is -4.50. The van der Waals surface area contributed by atoms with E-state index >= 15 is 0 Å². The number of hydrogen-bond acceptors (Lipinski definition) is 8. The number of amides is 2. The third-order valence-electron chi connectivity index (χ3n) is 6.94. The van der Waals surface area contributed by atoms with E-state index in [0.717, 1.165) is 34.6 Å². The number of anilines is 2. The summed E-state index contributed by atoms with van der Waals surface area (Å²) in [6.07, 6.45) is 7.74. The van der Waals surface area contributed by atoms with E-state index in [1.165, 1.54) is 34.4 Å². The number of carbonyl (C=O) groups excluding carboxylic acids is 2. The topological polar surface area (TPSA) is 97.6 Å². The number of nitrogens with one attached hydrogen (secondary N) is 1. The number of rotatable bonds is 6. The number of fused-ring (bicyclic) bond motifs is 4. The molecule has 5 aromatic rings. The van der Waals surface area contributed by atoms with Gasteiger partial charge in [-0.1, -0.05) is 0 Å². The van der Waals surface area contributed by atoms with E-state index < -0.39 is 0 Å². The Labute approximate surface area is 221 Å². The highest BCUT2D eigenvalue weighted by atomic mass is 32.1. The van der Waals surface area contributed by atoms with Gasteiger partial charge in [-0.15, -0.1) is 11.3 Å². The summed E-state index contributed by atoms with van der Waals surface area (Å²) in [5.74, 6) is 1.76. The van der Waals surface area contributed by atoms with Crippen molar-refractivity contribution in [1.29, 1.82) is 0 Å². The largest absolute Gasteiger partial charge is 0.467 e. The summed E-state index contributed by atoms with van der Waals surface area (Å²) in [6.45, 7) is 0.0941. The molecule has 0 radical (unpaired) electrons. The second-order valence-corrected chi connectivity index (χ2v) is 10.4. The first-order valence-electron chi connectivity index (χ1n) is 12.5. The minimum absolute atomic E-state index is 0.0941. The summed E-state index contributed by atoms with van der Waals surface area (Å²) in [6, 6.07) is 16.0. The van der Waals surface area contributed by atoms with Crippen molar-refractivity contribution in [3.8, 4) is 11.5 Å². The maximum Gasteiger partial charge on any atom is 0.262 e. The molecule has 3 aromatic heterocycles. The number of aryl methyl sites for hydroxylation is 2. The van der Waals surface area contributed by atoms with E-state index in [2.05, 4.69) is 15.3 Å². The van der Waals surface area contributed by atoms with Crippen LogP contribution in [0.3, 0.4) is 0 Å². The molecule has 0 unspecified atom stereocenters. The average molecular weight is 523 g/mol. The average Bonchev–Trinajstić information content (AvgIpc) is 3.65. The zero-order valence-electron chi connectivity index (χ0n) is 20.3. The van der Waals surface area contributed by atoms with Gasteiger partial charge in [0.1, 0.15) is 34.2 Å². The molecule has 0 bridgehead atoms. The summed E-state index contributed by atoms with van der Waals surface area (Å²) in [7, 11) is 0. The molecular weight excluding hydrogens is 500 g/mol. The fourth-order valence-corrected chi connectivity index (χ4v) is 6.33. The molecule has 0 atom stereocenters. The van der Waals surface area contributed by atoms with E-state index in [9.17, 15) is 9.59 Å². The third-order valence-corrected chi connectivity index (χ3v) is 8.14. The van der Waals surface area contributed by atoms with Gasteiger partial charge in [-0.05, 0) is 85.8 Å². The highest BCUT2D eigenvalue weighted by Gasteiger charge is 2.36. The van der Waals surface area contributed by atoms with Crippen molar-refractivity contribution in [2.75, 3.05) is 5.32 Å². The lowest BCUT2D eigenvalue weighted by Crippen LogP contribution is -2.28. The molecule has 2 aromatic carbocycles. The van der Waals surface area contributed by atoms with Crippen LogP contribution in [-0.2, 0) is 19.4 Å². The van der Waals surface area contributed by atoms with Crippen molar-refractivity contribution in [2.45, 2.75) is 32.2 Å². The molecule has 4 heterocycles. The van der Waals surface area contributed by atoms with Crippen molar-refractivity contribution >= 4 is 44.9 Å². The molecule has 1 aliphatic carbocycles. The molecule has 0 spiro atoms. The molecule has 9 heteroatoms. The maximum absolute atomic E-state index is 12.9. The van der Waals surface area contributed by atoms with E-state index in [-0.39, 0.29) is 18.4 Å². The van der Waals surface area contributed by atoms with E-state index in [4.69, 9.17) is 9.15 Å². The van der Waals surface area contributed by atoms with Crippen LogP contribution in [-0.4, -0.2) is 26.7 Å². The zero-order valence-corrected chi connectivity index (χ0v) is 21.1. The highest BCUT2D eigenvalue weighted by molar-refractivity contribution is 7.19. The van der Waals surface area contributed by atoms with Crippen molar-refractivity contribution in [3.05, 3.63) is 94.5 Å². The lowest BCUT2D eigenvalue weighted by molar-refractivity contribution is 0.0631. The summed E-state index contributed by atoms with van der Waals surface area (Å²) in [5.41, 5.74) is 2.95. The number of benzene rings is 2. The van der Waals surface area contributed by atoms with Crippen LogP contribution in [0.15, 0.2) is 71.6 Å². The highest BCUT2D eigenvalue weighted by Crippen LogP contribution is 2.39. The van der Waals surface area contributed by atoms with E-state index in [1.807, 2.05) is 24.3 Å². The number of ether oxygens (including phenoxy) is 1. The first-order valence-corrected chi connectivity index (χ1v) is 13.3. The van der Waals surface area contributed by atoms with Gasteiger partial charge in [0, 0.05) is 10.6 Å². The van der Waals surface area contributed by atoms with Gasteiger partial charge < -0.3 is 14.5 Å². The molecule has 1 N–H and O–H groups in total. The summed E-state index contributed by atoms with van der Waals surface area (Å²) < 4.78 is 11.3. The molecular formula is C29H22N4O4S. The van der Waals surface area contributed by atoms with Crippen LogP contribution in [0.25, 0.3) is 10.2 Å². The van der Waals surface area contributed by atoms with Crippen LogP contribution >= 0.6 is 11.3 Å². The molecule has 2 amide bonds. The number of furan rings is 1. The first-order chi connectivity index (χ1) is 18.6. The normalized spacial score (nSPS) is 14.6. The predicted octanol–water partition coefficient (Wildman–Crippen LogP) is 6.50. The van der Waals surface area contributed by atoms with E-state index in [0.29, 0.717) is 28.4 Å². The van der Waals surface area contributed by atoms with Crippen LogP contribution in [0, 0.1) is 0 Å². The van der Waals surface area contributed by atoms with Crippen molar-refractivity contribution in [1.82, 2.24) is 14.9 Å². The lowest BCUT2D eigenvalue weighted by Gasteiger charge is -2.13. The molecule has 0 fully saturated rings. The van der Waals surface area contributed by atoms with Gasteiger partial charge in [0.05, 0.1) is 29.3 Å².